The van der Waals surface area contributed by atoms with Crippen LogP contribution in [0.5, 0.6) is 0 Å². The second-order valence-corrected chi connectivity index (χ2v) is 8.68. The van der Waals surface area contributed by atoms with Crippen molar-refractivity contribution in [1.82, 2.24) is 20.2 Å². The summed E-state index contributed by atoms with van der Waals surface area (Å²) in [5, 5.41) is 20.8. The van der Waals surface area contributed by atoms with E-state index >= 15 is 0 Å². The van der Waals surface area contributed by atoms with Crippen molar-refractivity contribution in [2.45, 2.75) is 31.0 Å². The Morgan fingerprint density at radius 1 is 1.18 bits per heavy atom. The Bertz CT molecular complexity index is 1170. The van der Waals surface area contributed by atoms with E-state index in [2.05, 4.69) is 34.0 Å². The van der Waals surface area contributed by atoms with Crippen molar-refractivity contribution >= 4 is 39.0 Å². The largest absolute Gasteiger partial charge is 0.419 e. The molecule has 4 aromatic rings. The van der Waals surface area contributed by atoms with Crippen LogP contribution in [0.3, 0.4) is 0 Å². The molecule has 0 fully saturated rings. The Morgan fingerprint density at radius 2 is 1.93 bits per heavy atom. The molecule has 142 valence electrons. The van der Waals surface area contributed by atoms with E-state index in [9.17, 15) is 10.1 Å². The summed E-state index contributed by atoms with van der Waals surface area (Å²) in [6.45, 7) is 6.12. The van der Waals surface area contributed by atoms with Crippen LogP contribution in [0.1, 0.15) is 28.5 Å². The number of aromatic nitrogens is 4. The van der Waals surface area contributed by atoms with Gasteiger partial charge in [0.25, 0.3) is 5.69 Å². The highest BCUT2D eigenvalue weighted by molar-refractivity contribution is 7.99. The Kier molecular flexibility index (Phi) is 4.82. The van der Waals surface area contributed by atoms with Gasteiger partial charge in [-0.1, -0.05) is 11.8 Å². The first-order chi connectivity index (χ1) is 13.4. The molecule has 8 nitrogen and oxygen atoms in total. The van der Waals surface area contributed by atoms with Crippen molar-refractivity contribution in [3.63, 3.8) is 0 Å². The van der Waals surface area contributed by atoms with Gasteiger partial charge in [-0.3, -0.25) is 10.1 Å². The van der Waals surface area contributed by atoms with Gasteiger partial charge in [0.1, 0.15) is 16.2 Å². The summed E-state index contributed by atoms with van der Waals surface area (Å²) in [7, 11) is 0. The van der Waals surface area contributed by atoms with Gasteiger partial charge in [-0.25, -0.2) is 9.97 Å². The van der Waals surface area contributed by atoms with Gasteiger partial charge >= 0.3 is 0 Å². The molecule has 1 atom stereocenters. The van der Waals surface area contributed by atoms with Crippen molar-refractivity contribution in [3.8, 4) is 11.5 Å². The number of non-ortho nitro benzene ring substituents is 1. The number of nitro groups is 1. The van der Waals surface area contributed by atoms with Gasteiger partial charge in [-0.05, 0) is 38.5 Å². The van der Waals surface area contributed by atoms with Gasteiger partial charge in [0.2, 0.25) is 11.8 Å². The maximum atomic E-state index is 10.8. The number of nitrogens with zero attached hydrogens (tertiary/aromatic N) is 5. The number of nitro benzene ring substituents is 1. The zero-order chi connectivity index (χ0) is 19.8. The number of rotatable bonds is 5. The fraction of sp³-hybridized carbons (Fsp3) is 0.222. The van der Waals surface area contributed by atoms with Gasteiger partial charge in [-0.15, -0.1) is 21.5 Å². The number of fused-ring (bicyclic) bond motifs is 1. The van der Waals surface area contributed by atoms with Crippen molar-refractivity contribution in [2.24, 2.45) is 0 Å². The molecular weight excluding hydrogens is 398 g/mol. The van der Waals surface area contributed by atoms with Crippen LogP contribution in [0.15, 0.2) is 40.0 Å². The van der Waals surface area contributed by atoms with E-state index in [1.54, 1.807) is 29.8 Å². The van der Waals surface area contributed by atoms with Crippen LogP contribution in [-0.2, 0) is 0 Å². The lowest BCUT2D eigenvalue weighted by molar-refractivity contribution is -0.384. The van der Waals surface area contributed by atoms with E-state index < -0.39 is 4.92 Å². The Balaban J connectivity index is 1.58. The SMILES string of the molecule is Cc1sc2ncnc(S[C@H](C)c3nnc(-c4ccc([N+](=O)[O-])cc4)o3)c2c1C. The number of benzene rings is 1. The van der Waals surface area contributed by atoms with E-state index in [0.29, 0.717) is 17.3 Å². The molecule has 10 heteroatoms. The number of hydrogen-bond donors (Lipinski definition) is 0. The lowest BCUT2D eigenvalue weighted by Crippen LogP contribution is -1.92. The van der Waals surface area contributed by atoms with E-state index in [1.807, 2.05) is 6.92 Å². The zero-order valence-corrected chi connectivity index (χ0v) is 16.9. The predicted molar refractivity (Wildman–Crippen MR) is 108 cm³/mol. The summed E-state index contributed by atoms with van der Waals surface area (Å²) < 4.78 is 5.80. The molecule has 3 aromatic heterocycles. The smallest absolute Gasteiger partial charge is 0.269 e. The lowest BCUT2D eigenvalue weighted by atomic mass is 10.2. The normalized spacial score (nSPS) is 12.4. The van der Waals surface area contributed by atoms with Gasteiger partial charge in [0.15, 0.2) is 0 Å². The Labute approximate surface area is 168 Å². The van der Waals surface area contributed by atoms with Crippen molar-refractivity contribution in [2.75, 3.05) is 0 Å². The molecule has 0 N–H and O–H groups in total. The molecule has 0 bridgehead atoms. The third-order valence-electron chi connectivity index (χ3n) is 4.33. The molecule has 4 rings (SSSR count). The summed E-state index contributed by atoms with van der Waals surface area (Å²) in [6.07, 6.45) is 1.57. The molecule has 3 heterocycles. The highest BCUT2D eigenvalue weighted by Crippen LogP contribution is 2.40. The standard InChI is InChI=1S/C18H15N5O3S2/c1-9-10(2)27-17-14(9)18(20-8-19-17)28-11(3)15-21-22-16(26-15)12-4-6-13(7-5-12)23(24)25/h4-8,11H,1-3H3/t11-/m1/s1. The van der Waals surface area contributed by atoms with Crippen LogP contribution in [0.4, 0.5) is 5.69 Å². The molecule has 0 aliphatic rings. The number of aryl methyl sites for hydroxylation is 2. The minimum atomic E-state index is -0.446. The molecule has 0 saturated carbocycles. The Morgan fingerprint density at radius 3 is 2.64 bits per heavy atom. The molecule has 28 heavy (non-hydrogen) atoms. The lowest BCUT2D eigenvalue weighted by Gasteiger charge is -2.07. The molecular formula is C18H15N5O3S2. The zero-order valence-electron chi connectivity index (χ0n) is 15.2. The van der Waals surface area contributed by atoms with Crippen LogP contribution in [0.2, 0.25) is 0 Å². The number of hydrogen-bond acceptors (Lipinski definition) is 9. The van der Waals surface area contributed by atoms with E-state index in [-0.39, 0.29) is 10.9 Å². The van der Waals surface area contributed by atoms with Crippen LogP contribution >= 0.6 is 23.1 Å². The average molecular weight is 413 g/mol. The van der Waals surface area contributed by atoms with Gasteiger partial charge in [0, 0.05) is 28.0 Å². The predicted octanol–water partition coefficient (Wildman–Crippen LogP) is 5.12. The van der Waals surface area contributed by atoms with Crippen LogP contribution in [0.25, 0.3) is 21.7 Å². The summed E-state index contributed by atoms with van der Waals surface area (Å²) in [6, 6.07) is 6.02. The van der Waals surface area contributed by atoms with E-state index in [1.165, 1.54) is 34.3 Å². The summed E-state index contributed by atoms with van der Waals surface area (Å²) >= 11 is 3.20. The fourth-order valence-electron chi connectivity index (χ4n) is 2.70. The van der Waals surface area contributed by atoms with Crippen LogP contribution < -0.4 is 0 Å². The molecule has 0 spiro atoms. The molecule has 0 amide bonds. The van der Waals surface area contributed by atoms with E-state index in [0.717, 1.165) is 15.2 Å². The average Bonchev–Trinajstić information content (AvgIpc) is 3.28. The van der Waals surface area contributed by atoms with Gasteiger partial charge < -0.3 is 4.42 Å². The molecule has 0 unspecified atom stereocenters. The first-order valence-corrected chi connectivity index (χ1v) is 10.1. The van der Waals surface area contributed by atoms with Crippen molar-refractivity contribution < 1.29 is 9.34 Å². The van der Waals surface area contributed by atoms with Gasteiger partial charge in [0.05, 0.1) is 10.2 Å². The van der Waals surface area contributed by atoms with Crippen LogP contribution in [0, 0.1) is 24.0 Å². The second-order valence-electron chi connectivity index (χ2n) is 6.15. The highest BCUT2D eigenvalue weighted by atomic mass is 32.2. The van der Waals surface area contributed by atoms with Crippen molar-refractivity contribution in [1.29, 1.82) is 0 Å². The van der Waals surface area contributed by atoms with Crippen LogP contribution in [-0.4, -0.2) is 25.1 Å². The minimum Gasteiger partial charge on any atom is -0.419 e. The maximum absolute atomic E-state index is 10.8. The van der Waals surface area contributed by atoms with Crippen molar-refractivity contribution in [3.05, 3.63) is 57.0 Å². The monoisotopic (exact) mass is 413 g/mol. The van der Waals surface area contributed by atoms with Gasteiger partial charge in [-0.2, -0.15) is 0 Å². The maximum Gasteiger partial charge on any atom is 0.269 e. The quantitative estimate of drug-likeness (QED) is 0.192. The Hall–Kier alpha value is -2.85. The van der Waals surface area contributed by atoms with E-state index in [4.69, 9.17) is 4.42 Å². The summed E-state index contributed by atoms with van der Waals surface area (Å²) in [5.41, 5.74) is 1.84. The number of thioether (sulfide) groups is 1. The molecule has 0 radical (unpaired) electrons. The summed E-state index contributed by atoms with van der Waals surface area (Å²) in [4.78, 5) is 21.3. The molecule has 0 aliphatic heterocycles. The first-order valence-electron chi connectivity index (χ1n) is 8.39. The molecule has 0 saturated heterocycles. The second kappa shape index (κ2) is 7.28. The molecule has 0 aliphatic carbocycles. The highest BCUT2D eigenvalue weighted by Gasteiger charge is 2.20. The third kappa shape index (κ3) is 3.36. The topological polar surface area (TPSA) is 108 Å². The minimum absolute atomic E-state index is 0.0154. The molecule has 1 aromatic carbocycles. The number of thiophene rings is 1. The third-order valence-corrected chi connectivity index (χ3v) is 6.54. The fourth-order valence-corrected chi connectivity index (χ4v) is 4.77. The first kappa shape index (κ1) is 18.5. The summed E-state index contributed by atoms with van der Waals surface area (Å²) in [5.74, 6) is 0.794.